The van der Waals surface area contributed by atoms with Gasteiger partial charge in [0.2, 0.25) is 0 Å². The minimum Gasteiger partial charge on any atom is -0.382 e. The minimum absolute atomic E-state index is 0. The average Bonchev–Trinajstić information content (AvgIpc) is 2.82. The van der Waals surface area contributed by atoms with Crippen molar-refractivity contribution in [1.82, 2.24) is 9.78 Å². The summed E-state index contributed by atoms with van der Waals surface area (Å²) in [6.07, 6.45) is 5.23. The van der Waals surface area contributed by atoms with Gasteiger partial charge in [0.05, 0.1) is 6.10 Å². The maximum Gasteiger partial charge on any atom is 0.0539 e. The average molecular weight is 321 g/mol. The van der Waals surface area contributed by atoms with Gasteiger partial charge in [-0.3, -0.25) is 5.10 Å². The molecule has 0 amide bonds. The Kier molecular flexibility index (Phi) is 4.68. The van der Waals surface area contributed by atoms with E-state index in [9.17, 15) is 0 Å². The molecule has 19 heavy (non-hydrogen) atoms. The Bertz CT molecular complexity index is 570. The van der Waals surface area contributed by atoms with E-state index in [1.165, 1.54) is 5.69 Å². The first-order valence-electron chi connectivity index (χ1n) is 6.04. The molecule has 1 unspecified atom stereocenters. The number of halogens is 1. The summed E-state index contributed by atoms with van der Waals surface area (Å²) < 4.78 is 7.46. The maximum absolute atomic E-state index is 6.24. The Labute approximate surface area is 128 Å². The second-order valence-electron chi connectivity index (χ2n) is 4.49. The molecule has 1 aromatic carbocycles. The number of aryl methyl sites for hydroxylation is 1. The van der Waals surface area contributed by atoms with Crippen LogP contribution in [-0.4, -0.2) is 23.0 Å². The fourth-order valence-corrected chi connectivity index (χ4v) is 2.65. The Morgan fingerprint density at radius 2 is 2.21 bits per heavy atom. The van der Waals surface area contributed by atoms with Crippen molar-refractivity contribution in [2.45, 2.75) is 25.5 Å². The van der Waals surface area contributed by atoms with Gasteiger partial charge in [0.1, 0.15) is 0 Å². The Balaban J connectivity index is 0.00000133. The van der Waals surface area contributed by atoms with E-state index in [1.54, 1.807) is 7.11 Å². The second-order valence-corrected chi connectivity index (χ2v) is 4.89. The predicted molar refractivity (Wildman–Crippen MR) is 70.6 cm³/mol. The van der Waals surface area contributed by atoms with Crippen LogP contribution in [0, 0.1) is 6.20 Å². The van der Waals surface area contributed by atoms with Crippen LogP contribution >= 0.6 is 11.6 Å². The molecule has 1 radical (unpaired) electrons. The number of hydrogen-bond donors (Lipinski definition) is 0. The first kappa shape index (κ1) is 14.6. The van der Waals surface area contributed by atoms with Crippen molar-refractivity contribution in [3.05, 3.63) is 41.2 Å². The number of hydrogen-bond acceptors (Lipinski definition) is 2. The molecule has 1 aliphatic rings. The summed E-state index contributed by atoms with van der Waals surface area (Å²) in [7, 11) is 1.76. The normalized spacial score (nSPS) is 17.7. The summed E-state index contributed by atoms with van der Waals surface area (Å²) in [6.45, 7) is 0.884. The van der Waals surface area contributed by atoms with Crippen molar-refractivity contribution in [3.8, 4) is 11.1 Å². The molecule has 2 heterocycles. The van der Waals surface area contributed by atoms with E-state index in [0.29, 0.717) is 0 Å². The first-order valence-corrected chi connectivity index (χ1v) is 6.42. The molecule has 1 aliphatic heterocycles. The van der Waals surface area contributed by atoms with Gasteiger partial charge in [-0.15, -0.1) is 17.2 Å². The van der Waals surface area contributed by atoms with E-state index in [2.05, 4.69) is 11.3 Å². The maximum atomic E-state index is 6.24. The Morgan fingerprint density at radius 3 is 2.95 bits per heavy atom. The topological polar surface area (TPSA) is 27.1 Å². The molecule has 3 rings (SSSR count). The smallest absolute Gasteiger partial charge is 0.0539 e. The quantitative estimate of drug-likeness (QED) is 0.796. The SMILES string of the molecule is COC1CCn2n[c-]c(-c3ccccc3Cl)c2C1.[Co]. The number of fused-ring (bicyclic) bond motifs is 1. The third kappa shape index (κ3) is 2.72. The molecule has 3 nitrogen and oxygen atoms in total. The van der Waals surface area contributed by atoms with Gasteiger partial charge in [0, 0.05) is 30.4 Å². The Morgan fingerprint density at radius 1 is 1.42 bits per heavy atom. The molecule has 0 fully saturated rings. The zero-order valence-electron chi connectivity index (χ0n) is 10.5. The third-order valence-electron chi connectivity index (χ3n) is 3.44. The van der Waals surface area contributed by atoms with Crippen molar-refractivity contribution in [1.29, 1.82) is 0 Å². The van der Waals surface area contributed by atoms with Crippen LogP contribution in [0.25, 0.3) is 11.1 Å². The van der Waals surface area contributed by atoms with Gasteiger partial charge >= 0.3 is 0 Å². The summed E-state index contributed by atoms with van der Waals surface area (Å²) in [4.78, 5) is 0. The van der Waals surface area contributed by atoms with E-state index in [4.69, 9.17) is 16.3 Å². The predicted octanol–water partition coefficient (Wildman–Crippen LogP) is 2.96. The van der Waals surface area contributed by atoms with Gasteiger partial charge in [-0.25, -0.2) is 0 Å². The molecular formula is C14H14ClCoN2O-. The molecule has 1 atom stereocenters. The van der Waals surface area contributed by atoms with E-state index < -0.39 is 0 Å². The van der Waals surface area contributed by atoms with Gasteiger partial charge in [-0.05, 0) is 24.1 Å². The van der Waals surface area contributed by atoms with Crippen LogP contribution in [0.15, 0.2) is 24.3 Å². The molecule has 0 aliphatic carbocycles. The van der Waals surface area contributed by atoms with Crippen LogP contribution in [0.1, 0.15) is 12.1 Å². The van der Waals surface area contributed by atoms with Crippen LogP contribution in [0.2, 0.25) is 5.02 Å². The van der Waals surface area contributed by atoms with Crippen molar-refractivity contribution >= 4 is 11.6 Å². The van der Waals surface area contributed by atoms with Crippen LogP contribution in [0.5, 0.6) is 0 Å². The first-order chi connectivity index (χ1) is 8.79. The van der Waals surface area contributed by atoms with Crippen LogP contribution in [-0.2, 0) is 34.5 Å². The summed E-state index contributed by atoms with van der Waals surface area (Å²) in [6, 6.07) is 7.81. The standard InChI is InChI=1S/C14H14ClN2O.Co/c1-18-10-6-7-17-14(8-10)12(9-16-17)11-4-2-3-5-13(11)15;/h2-5,10H,6-8H2,1H3;/q-1;. The molecule has 0 N–H and O–H groups in total. The van der Waals surface area contributed by atoms with E-state index in [0.717, 1.165) is 35.5 Å². The summed E-state index contributed by atoms with van der Waals surface area (Å²) in [5.41, 5.74) is 3.17. The van der Waals surface area contributed by atoms with Crippen LogP contribution in [0.3, 0.4) is 0 Å². The van der Waals surface area contributed by atoms with Gasteiger partial charge in [0.25, 0.3) is 0 Å². The fraction of sp³-hybridized carbons (Fsp3) is 0.357. The number of rotatable bonds is 2. The van der Waals surface area contributed by atoms with Gasteiger partial charge in [-0.1, -0.05) is 35.5 Å². The number of methoxy groups -OCH3 is 1. The molecule has 2 aromatic rings. The van der Waals surface area contributed by atoms with Gasteiger partial charge in [-0.2, -0.15) is 0 Å². The third-order valence-corrected chi connectivity index (χ3v) is 3.77. The molecule has 0 bridgehead atoms. The molecule has 103 valence electrons. The zero-order valence-corrected chi connectivity index (χ0v) is 12.3. The summed E-state index contributed by atoms with van der Waals surface area (Å²) >= 11 is 6.24. The van der Waals surface area contributed by atoms with Gasteiger partial charge < -0.3 is 9.42 Å². The van der Waals surface area contributed by atoms with Crippen molar-refractivity contribution in [2.75, 3.05) is 7.11 Å². The zero-order chi connectivity index (χ0) is 12.5. The number of ether oxygens (including phenoxy) is 1. The molecule has 0 spiro atoms. The van der Waals surface area contributed by atoms with Crippen LogP contribution < -0.4 is 0 Å². The molecule has 0 saturated carbocycles. The monoisotopic (exact) mass is 320 g/mol. The molecule has 0 saturated heterocycles. The van der Waals surface area contributed by atoms with Crippen molar-refractivity contribution < 1.29 is 21.5 Å². The second kappa shape index (κ2) is 6.09. The minimum atomic E-state index is 0. The van der Waals surface area contributed by atoms with E-state index >= 15 is 0 Å². The molecule has 1 aromatic heterocycles. The van der Waals surface area contributed by atoms with Crippen molar-refractivity contribution in [3.63, 3.8) is 0 Å². The largest absolute Gasteiger partial charge is 0.382 e. The molecule has 5 heteroatoms. The van der Waals surface area contributed by atoms with E-state index in [-0.39, 0.29) is 22.9 Å². The number of nitrogens with zero attached hydrogens (tertiary/aromatic N) is 2. The van der Waals surface area contributed by atoms with Crippen molar-refractivity contribution in [2.24, 2.45) is 0 Å². The van der Waals surface area contributed by atoms with E-state index in [1.807, 2.05) is 28.9 Å². The summed E-state index contributed by atoms with van der Waals surface area (Å²) in [5, 5.41) is 5.06. The fourth-order valence-electron chi connectivity index (χ4n) is 2.42. The van der Waals surface area contributed by atoms with Gasteiger partial charge in [0.15, 0.2) is 0 Å². The van der Waals surface area contributed by atoms with Crippen LogP contribution in [0.4, 0.5) is 0 Å². The number of aromatic nitrogens is 2. The summed E-state index contributed by atoms with van der Waals surface area (Å²) in [5.74, 6) is 0. The molecular weight excluding hydrogens is 307 g/mol. The number of benzene rings is 1. The Hall–Kier alpha value is -0.814.